The third-order valence-electron chi connectivity index (χ3n) is 6.65. The molecule has 1 saturated heterocycles. The summed E-state index contributed by atoms with van der Waals surface area (Å²) in [4.78, 5) is 29.9. The number of nitrogens with zero attached hydrogens (tertiary/aromatic N) is 2. The summed E-state index contributed by atoms with van der Waals surface area (Å²) in [6, 6.07) is 17.3. The second kappa shape index (κ2) is 11.8. The van der Waals surface area contributed by atoms with E-state index in [0.717, 1.165) is 31.9 Å². The molecule has 202 valence electrons. The first kappa shape index (κ1) is 26.6. The Balaban J connectivity index is 1.53. The minimum Gasteiger partial charge on any atom is -0.507 e. The molecule has 1 aliphatic rings. The van der Waals surface area contributed by atoms with Gasteiger partial charge in [-0.05, 0) is 67.4 Å². The summed E-state index contributed by atoms with van der Waals surface area (Å²) in [6.45, 7) is 0.900. The van der Waals surface area contributed by atoms with Crippen LogP contribution in [-0.4, -0.2) is 34.5 Å². The maximum absolute atomic E-state index is 13.7. The number of rotatable bonds is 7. The first-order valence-electron chi connectivity index (χ1n) is 12.8. The lowest BCUT2D eigenvalue weighted by Gasteiger charge is -2.22. The highest BCUT2D eigenvalue weighted by Crippen LogP contribution is 2.36. The molecule has 2 aromatic heterocycles. The van der Waals surface area contributed by atoms with Crippen molar-refractivity contribution < 1.29 is 23.5 Å². The number of carbonyl (C=O) groups is 2. The molecule has 1 unspecified atom stereocenters. The number of nitrogens with one attached hydrogen (secondary N) is 3. The number of benzene rings is 2. The van der Waals surface area contributed by atoms with E-state index in [9.17, 15) is 24.3 Å². The maximum atomic E-state index is 13.7. The molecule has 0 radical (unpaired) electrons. The summed E-state index contributed by atoms with van der Waals surface area (Å²) in [5.74, 6) is -1.80. The summed E-state index contributed by atoms with van der Waals surface area (Å²) in [5, 5.41) is 29.4. The number of nitriles is 1. The number of pyridine rings is 1. The van der Waals surface area contributed by atoms with Gasteiger partial charge in [0.1, 0.15) is 23.2 Å². The molecule has 1 aliphatic heterocycles. The summed E-state index contributed by atoms with van der Waals surface area (Å²) in [6.07, 6.45) is 4.83. The number of aromatic hydroxyl groups is 1. The minimum absolute atomic E-state index is 0.0134. The lowest BCUT2D eigenvalue weighted by molar-refractivity contribution is -0.116. The van der Waals surface area contributed by atoms with Crippen molar-refractivity contribution in [1.29, 1.82) is 5.26 Å². The molecule has 2 aromatic carbocycles. The van der Waals surface area contributed by atoms with Gasteiger partial charge in [0, 0.05) is 35.3 Å². The van der Waals surface area contributed by atoms with Crippen LogP contribution in [0, 0.1) is 17.1 Å². The zero-order chi connectivity index (χ0) is 28.1. The molecule has 10 heteroatoms. The van der Waals surface area contributed by atoms with E-state index < -0.39 is 11.7 Å². The Morgan fingerprint density at radius 2 is 1.98 bits per heavy atom. The number of phenolic OH excluding ortho intramolecular Hbond substituents is 1. The van der Waals surface area contributed by atoms with Crippen molar-refractivity contribution in [3.63, 3.8) is 0 Å². The van der Waals surface area contributed by atoms with Crippen LogP contribution in [0.3, 0.4) is 0 Å². The van der Waals surface area contributed by atoms with E-state index in [0.29, 0.717) is 23.2 Å². The lowest BCUT2D eigenvalue weighted by atomic mass is 9.97. The van der Waals surface area contributed by atoms with E-state index >= 15 is 0 Å². The topological polar surface area (TPSA) is 140 Å². The second-order valence-corrected chi connectivity index (χ2v) is 9.46. The average Bonchev–Trinajstić information content (AvgIpc) is 3.49. The van der Waals surface area contributed by atoms with E-state index in [1.54, 1.807) is 36.4 Å². The fraction of sp³-hybridized carbons (Fsp3) is 0.200. The molecule has 40 heavy (non-hydrogen) atoms. The normalized spacial score (nSPS) is 14.8. The molecule has 3 heterocycles. The summed E-state index contributed by atoms with van der Waals surface area (Å²) in [7, 11) is 0. The van der Waals surface area contributed by atoms with Gasteiger partial charge < -0.3 is 25.5 Å². The molecule has 2 amide bonds. The first-order chi connectivity index (χ1) is 19.4. The predicted molar refractivity (Wildman–Crippen MR) is 147 cm³/mol. The highest BCUT2D eigenvalue weighted by atomic mass is 19.1. The maximum Gasteiger partial charge on any atom is 0.292 e. The number of anilines is 2. The fourth-order valence-corrected chi connectivity index (χ4v) is 4.71. The van der Waals surface area contributed by atoms with Crippen molar-refractivity contribution in [2.75, 3.05) is 17.2 Å². The van der Waals surface area contributed by atoms with Crippen molar-refractivity contribution in [1.82, 2.24) is 10.3 Å². The lowest BCUT2D eigenvalue weighted by Crippen LogP contribution is -2.36. The molecule has 5 rings (SSSR count). The molecular formula is C30H26FN5O4. The summed E-state index contributed by atoms with van der Waals surface area (Å²) in [5.41, 5.74) is 1.93. The fourth-order valence-electron chi connectivity index (χ4n) is 4.71. The van der Waals surface area contributed by atoms with E-state index in [1.165, 1.54) is 24.5 Å². The zero-order valence-corrected chi connectivity index (χ0v) is 21.4. The third kappa shape index (κ3) is 6.00. The summed E-state index contributed by atoms with van der Waals surface area (Å²) < 4.78 is 18.9. The molecule has 0 aliphatic carbocycles. The van der Waals surface area contributed by atoms with Gasteiger partial charge in [-0.2, -0.15) is 5.26 Å². The molecule has 0 bridgehead atoms. The Kier molecular flexibility index (Phi) is 7.84. The largest absolute Gasteiger partial charge is 0.507 e. The highest BCUT2D eigenvalue weighted by Gasteiger charge is 2.21. The minimum atomic E-state index is -0.631. The van der Waals surface area contributed by atoms with E-state index in [1.807, 2.05) is 0 Å². The molecule has 4 aromatic rings. The van der Waals surface area contributed by atoms with Crippen molar-refractivity contribution in [3.8, 4) is 34.2 Å². The number of phenols is 1. The first-order valence-corrected chi connectivity index (χ1v) is 12.8. The van der Waals surface area contributed by atoms with Gasteiger partial charge in [0.05, 0.1) is 12.0 Å². The number of halogens is 1. The predicted octanol–water partition coefficient (Wildman–Crippen LogP) is 5.45. The smallest absolute Gasteiger partial charge is 0.292 e. The van der Waals surface area contributed by atoms with Gasteiger partial charge >= 0.3 is 0 Å². The monoisotopic (exact) mass is 539 g/mol. The molecule has 0 spiro atoms. The average molecular weight is 540 g/mol. The van der Waals surface area contributed by atoms with Crippen LogP contribution in [0.15, 0.2) is 71.3 Å². The Labute approximate surface area is 229 Å². The van der Waals surface area contributed by atoms with Crippen molar-refractivity contribution in [2.45, 2.75) is 31.7 Å². The molecular weight excluding hydrogens is 513 g/mol. The highest BCUT2D eigenvalue weighted by molar-refractivity contribution is 6.03. The molecule has 9 nitrogen and oxygen atoms in total. The van der Waals surface area contributed by atoms with Crippen molar-refractivity contribution in [3.05, 3.63) is 84.1 Å². The van der Waals surface area contributed by atoms with Crippen LogP contribution in [0.25, 0.3) is 22.4 Å². The van der Waals surface area contributed by atoms with E-state index in [-0.39, 0.29) is 46.1 Å². The number of furan rings is 1. The van der Waals surface area contributed by atoms with Gasteiger partial charge in [-0.25, -0.2) is 9.37 Å². The standard InChI is InChI=1S/C30H26FN5O4/c31-19-9-10-22(26(37)14-19)25-16-23(24(17-32)29(35-25)36-30(39)27-8-4-12-40-27)18-5-3-7-21(13-18)34-28(38)15-20-6-1-2-11-33-20/h3-5,7-10,12-14,16,20,33,37H,1-2,6,11,15H2,(H,34,38)(H,35,36,39). The van der Waals surface area contributed by atoms with E-state index in [4.69, 9.17) is 4.42 Å². The number of hydrogen-bond donors (Lipinski definition) is 4. The van der Waals surface area contributed by atoms with Crippen molar-refractivity contribution >= 4 is 23.3 Å². The quantitative estimate of drug-likeness (QED) is 0.245. The van der Waals surface area contributed by atoms with E-state index in [2.05, 4.69) is 27.0 Å². The van der Waals surface area contributed by atoms with Crippen LogP contribution in [0.5, 0.6) is 5.75 Å². The Morgan fingerprint density at radius 3 is 2.70 bits per heavy atom. The van der Waals surface area contributed by atoms with Gasteiger partial charge in [-0.15, -0.1) is 0 Å². The molecule has 1 fully saturated rings. The van der Waals surface area contributed by atoms with Crippen LogP contribution in [0.4, 0.5) is 15.9 Å². The van der Waals surface area contributed by atoms with Gasteiger partial charge in [0.2, 0.25) is 5.91 Å². The van der Waals surface area contributed by atoms with Crippen LogP contribution in [-0.2, 0) is 4.79 Å². The van der Waals surface area contributed by atoms with Gasteiger partial charge in [-0.3, -0.25) is 9.59 Å². The third-order valence-corrected chi connectivity index (χ3v) is 6.65. The molecule has 0 saturated carbocycles. The number of piperidine rings is 1. The molecule has 4 N–H and O–H groups in total. The SMILES string of the molecule is N#Cc1c(-c2cccc(NC(=O)CC3CCCCN3)c2)cc(-c2ccc(F)cc2O)nc1NC(=O)c1ccco1. The van der Waals surface area contributed by atoms with Crippen LogP contribution in [0.2, 0.25) is 0 Å². The zero-order valence-electron chi connectivity index (χ0n) is 21.4. The van der Waals surface area contributed by atoms with Crippen molar-refractivity contribution in [2.24, 2.45) is 0 Å². The molecule has 1 atom stereocenters. The Hall–Kier alpha value is -5.01. The van der Waals surface area contributed by atoms with Crippen LogP contribution in [0.1, 0.15) is 41.8 Å². The number of carbonyl (C=O) groups excluding carboxylic acids is 2. The number of amides is 2. The summed E-state index contributed by atoms with van der Waals surface area (Å²) >= 11 is 0. The van der Waals surface area contributed by atoms with Gasteiger partial charge in [0.15, 0.2) is 11.6 Å². The Morgan fingerprint density at radius 1 is 1.10 bits per heavy atom. The second-order valence-electron chi connectivity index (χ2n) is 9.46. The Bertz CT molecular complexity index is 1590. The van der Waals surface area contributed by atoms with Gasteiger partial charge in [0.25, 0.3) is 5.91 Å². The van der Waals surface area contributed by atoms with Gasteiger partial charge in [-0.1, -0.05) is 18.6 Å². The number of hydrogen-bond acceptors (Lipinski definition) is 7. The van der Waals surface area contributed by atoms with Crippen LogP contribution < -0.4 is 16.0 Å². The van der Waals surface area contributed by atoms with Crippen LogP contribution >= 0.6 is 0 Å². The number of aromatic nitrogens is 1.